The lowest BCUT2D eigenvalue weighted by Gasteiger charge is -2.35. The van der Waals surface area contributed by atoms with Gasteiger partial charge in [-0.2, -0.15) is 5.10 Å². The zero-order valence-electron chi connectivity index (χ0n) is 12.3. The first-order valence-electron chi connectivity index (χ1n) is 7.16. The maximum Gasteiger partial charge on any atom is 0.323 e. The van der Waals surface area contributed by atoms with Crippen molar-refractivity contribution >= 4 is 23.4 Å². The van der Waals surface area contributed by atoms with Crippen LogP contribution in [0.4, 0.5) is 5.69 Å². The van der Waals surface area contributed by atoms with Crippen LogP contribution in [0.3, 0.4) is 0 Å². The van der Waals surface area contributed by atoms with E-state index in [1.807, 2.05) is 4.90 Å². The number of carbonyl (C=O) groups is 1. The summed E-state index contributed by atoms with van der Waals surface area (Å²) in [7, 11) is 0. The van der Waals surface area contributed by atoms with Gasteiger partial charge in [0.15, 0.2) is 5.03 Å². The number of thioether (sulfide) groups is 1. The summed E-state index contributed by atoms with van der Waals surface area (Å²) in [6.07, 6.45) is 4.21. The van der Waals surface area contributed by atoms with Gasteiger partial charge in [-0.05, 0) is 32.6 Å². The number of amides is 1. The van der Waals surface area contributed by atoms with Crippen molar-refractivity contribution in [1.82, 2.24) is 15.1 Å². The molecule has 2 heterocycles. The summed E-state index contributed by atoms with van der Waals surface area (Å²) >= 11 is 1.14. The third-order valence-corrected chi connectivity index (χ3v) is 4.77. The number of hydrogen-bond acceptors (Lipinski definition) is 5. The number of nitrogens with zero attached hydrogens (tertiary/aromatic N) is 3. The molecular weight excluding hydrogens is 292 g/mol. The van der Waals surface area contributed by atoms with E-state index in [0.717, 1.165) is 37.6 Å². The monoisotopic (exact) mass is 312 g/mol. The SMILES string of the molecule is CC[C@H]1CCCCN1C(=O)CSc1n[nH]c(C)c1[N+](=O)[O-]. The number of H-pyrrole nitrogens is 1. The first kappa shape index (κ1) is 15.8. The molecule has 1 aliphatic rings. The smallest absolute Gasteiger partial charge is 0.323 e. The number of piperidine rings is 1. The van der Waals surface area contributed by atoms with Crippen LogP contribution in [0.25, 0.3) is 0 Å². The number of nitro groups is 1. The Morgan fingerprint density at radius 1 is 1.57 bits per heavy atom. The lowest BCUT2D eigenvalue weighted by Crippen LogP contribution is -2.44. The predicted molar refractivity (Wildman–Crippen MR) is 80.3 cm³/mol. The summed E-state index contributed by atoms with van der Waals surface area (Å²) in [5.74, 6) is 0.239. The molecule has 1 saturated heterocycles. The van der Waals surface area contributed by atoms with Crippen LogP contribution in [-0.4, -0.2) is 44.3 Å². The standard InChI is InChI=1S/C13H20N4O3S/c1-3-10-6-4-5-7-16(10)11(18)8-21-13-12(17(19)20)9(2)14-15-13/h10H,3-8H2,1-2H3,(H,14,15)/t10-/m0/s1. The predicted octanol–water partition coefficient (Wildman–Crippen LogP) is 2.51. The van der Waals surface area contributed by atoms with Crippen molar-refractivity contribution in [3.63, 3.8) is 0 Å². The van der Waals surface area contributed by atoms with Crippen LogP contribution in [0.1, 0.15) is 38.3 Å². The molecule has 0 spiro atoms. The molecule has 0 aliphatic carbocycles. The largest absolute Gasteiger partial charge is 0.339 e. The van der Waals surface area contributed by atoms with E-state index in [1.54, 1.807) is 6.92 Å². The number of aromatic nitrogens is 2. The highest BCUT2D eigenvalue weighted by atomic mass is 32.2. The van der Waals surface area contributed by atoms with Gasteiger partial charge in [0.2, 0.25) is 5.91 Å². The molecule has 1 fully saturated rings. The van der Waals surface area contributed by atoms with Gasteiger partial charge < -0.3 is 4.90 Å². The van der Waals surface area contributed by atoms with E-state index >= 15 is 0 Å². The van der Waals surface area contributed by atoms with Gasteiger partial charge in [0, 0.05) is 12.6 Å². The summed E-state index contributed by atoms with van der Waals surface area (Å²) in [5.41, 5.74) is 0.387. The van der Waals surface area contributed by atoms with E-state index in [9.17, 15) is 14.9 Å². The topological polar surface area (TPSA) is 92.1 Å². The second kappa shape index (κ2) is 6.93. The highest BCUT2D eigenvalue weighted by Gasteiger charge is 2.27. The van der Waals surface area contributed by atoms with Crippen molar-refractivity contribution in [3.8, 4) is 0 Å². The third kappa shape index (κ3) is 3.55. The van der Waals surface area contributed by atoms with Crippen molar-refractivity contribution < 1.29 is 9.72 Å². The third-order valence-electron chi connectivity index (χ3n) is 3.82. The average molecular weight is 312 g/mol. The summed E-state index contributed by atoms with van der Waals surface area (Å²) in [4.78, 5) is 24.8. The molecule has 7 nitrogen and oxygen atoms in total. The first-order valence-corrected chi connectivity index (χ1v) is 8.14. The van der Waals surface area contributed by atoms with Crippen LogP contribution < -0.4 is 0 Å². The number of rotatable bonds is 5. The number of likely N-dealkylation sites (tertiary alicyclic amines) is 1. The maximum atomic E-state index is 12.3. The summed E-state index contributed by atoms with van der Waals surface area (Å²) in [6.45, 7) is 4.49. The molecule has 1 aromatic rings. The quantitative estimate of drug-likeness (QED) is 0.512. The van der Waals surface area contributed by atoms with Crippen LogP contribution in [0.15, 0.2) is 5.03 Å². The average Bonchev–Trinajstić information content (AvgIpc) is 2.85. The molecule has 1 N–H and O–H groups in total. The van der Waals surface area contributed by atoms with Crippen LogP contribution in [-0.2, 0) is 4.79 Å². The van der Waals surface area contributed by atoms with E-state index in [4.69, 9.17) is 0 Å². The molecular formula is C13H20N4O3S. The fourth-order valence-corrected chi connectivity index (χ4v) is 3.58. The van der Waals surface area contributed by atoms with Crippen molar-refractivity contribution in [2.45, 2.75) is 50.6 Å². The maximum absolute atomic E-state index is 12.3. The lowest BCUT2D eigenvalue weighted by molar-refractivity contribution is -0.388. The number of hydrogen-bond donors (Lipinski definition) is 1. The molecule has 0 bridgehead atoms. The van der Waals surface area contributed by atoms with Gasteiger partial charge >= 0.3 is 5.69 Å². The fraction of sp³-hybridized carbons (Fsp3) is 0.692. The van der Waals surface area contributed by atoms with E-state index in [2.05, 4.69) is 17.1 Å². The zero-order valence-corrected chi connectivity index (χ0v) is 13.1. The molecule has 116 valence electrons. The minimum atomic E-state index is -0.457. The minimum absolute atomic E-state index is 0.0292. The van der Waals surface area contributed by atoms with Gasteiger partial charge in [-0.15, -0.1) is 0 Å². The molecule has 1 atom stereocenters. The van der Waals surface area contributed by atoms with E-state index in [1.165, 1.54) is 6.42 Å². The Bertz CT molecular complexity index is 531. The second-order valence-corrected chi connectivity index (χ2v) is 6.16. The summed E-state index contributed by atoms with van der Waals surface area (Å²) in [5, 5.41) is 17.8. The Labute approximate surface area is 127 Å². The van der Waals surface area contributed by atoms with Crippen LogP contribution in [0.5, 0.6) is 0 Å². The molecule has 21 heavy (non-hydrogen) atoms. The molecule has 1 aromatic heterocycles. The Kier molecular flexibility index (Phi) is 5.22. The minimum Gasteiger partial charge on any atom is -0.339 e. The Morgan fingerprint density at radius 3 is 3.00 bits per heavy atom. The molecule has 0 radical (unpaired) electrons. The first-order chi connectivity index (χ1) is 10.0. The van der Waals surface area contributed by atoms with Crippen molar-refractivity contribution in [2.24, 2.45) is 0 Å². The van der Waals surface area contributed by atoms with E-state index in [-0.39, 0.29) is 22.4 Å². The van der Waals surface area contributed by atoms with Gasteiger partial charge in [0.1, 0.15) is 5.69 Å². The summed E-state index contributed by atoms with van der Waals surface area (Å²) < 4.78 is 0. The van der Waals surface area contributed by atoms with Gasteiger partial charge in [0.05, 0.1) is 10.7 Å². The normalized spacial score (nSPS) is 18.8. The van der Waals surface area contributed by atoms with Gasteiger partial charge in [-0.1, -0.05) is 18.7 Å². The molecule has 0 aromatic carbocycles. The van der Waals surface area contributed by atoms with Crippen molar-refractivity contribution in [1.29, 1.82) is 0 Å². The number of aromatic amines is 1. The van der Waals surface area contributed by atoms with Crippen molar-refractivity contribution in [3.05, 3.63) is 15.8 Å². The zero-order chi connectivity index (χ0) is 15.4. The molecule has 0 unspecified atom stereocenters. The highest BCUT2D eigenvalue weighted by molar-refractivity contribution is 8.00. The Balaban J connectivity index is 1.99. The lowest BCUT2D eigenvalue weighted by atomic mass is 10.0. The fourth-order valence-electron chi connectivity index (χ4n) is 2.68. The molecule has 0 saturated carbocycles. The van der Waals surface area contributed by atoms with E-state index in [0.29, 0.717) is 11.7 Å². The van der Waals surface area contributed by atoms with E-state index < -0.39 is 4.92 Å². The van der Waals surface area contributed by atoms with Crippen LogP contribution >= 0.6 is 11.8 Å². The molecule has 2 rings (SSSR count). The summed E-state index contributed by atoms with van der Waals surface area (Å²) in [6, 6.07) is 0.308. The molecule has 8 heteroatoms. The Morgan fingerprint density at radius 2 is 2.33 bits per heavy atom. The number of aryl methyl sites for hydroxylation is 1. The van der Waals surface area contributed by atoms with Gasteiger partial charge in [-0.25, -0.2) is 0 Å². The molecule has 1 aliphatic heterocycles. The molecule has 1 amide bonds. The van der Waals surface area contributed by atoms with Gasteiger partial charge in [0.25, 0.3) is 0 Å². The van der Waals surface area contributed by atoms with Crippen LogP contribution in [0.2, 0.25) is 0 Å². The van der Waals surface area contributed by atoms with Crippen LogP contribution in [0, 0.1) is 17.0 Å². The number of carbonyl (C=O) groups excluding carboxylic acids is 1. The Hall–Kier alpha value is -1.57. The van der Waals surface area contributed by atoms with Gasteiger partial charge in [-0.3, -0.25) is 20.0 Å². The number of nitrogens with one attached hydrogen (secondary N) is 1. The second-order valence-electron chi connectivity index (χ2n) is 5.19. The van der Waals surface area contributed by atoms with Crippen molar-refractivity contribution in [2.75, 3.05) is 12.3 Å². The highest BCUT2D eigenvalue weighted by Crippen LogP contribution is 2.30.